The Bertz CT molecular complexity index is 578. The second-order valence-electron chi connectivity index (χ2n) is 4.14. The van der Waals surface area contributed by atoms with E-state index in [0.717, 1.165) is 12.0 Å². The maximum absolute atomic E-state index is 11.5. The number of nitrogens with two attached hydrogens (primary N) is 1. The summed E-state index contributed by atoms with van der Waals surface area (Å²) in [7, 11) is 1.31. The van der Waals surface area contributed by atoms with Gasteiger partial charge in [0.15, 0.2) is 5.69 Å². The summed E-state index contributed by atoms with van der Waals surface area (Å²) in [6.45, 7) is 2.47. The summed E-state index contributed by atoms with van der Waals surface area (Å²) in [5.74, 6) is 0.536. The average molecular weight is 260 g/mol. The van der Waals surface area contributed by atoms with Gasteiger partial charge >= 0.3 is 5.97 Å². The van der Waals surface area contributed by atoms with Gasteiger partial charge < -0.3 is 15.0 Å². The average Bonchev–Trinajstić information content (AvgIpc) is 2.72. The third-order valence-electron chi connectivity index (χ3n) is 2.95. The zero-order chi connectivity index (χ0) is 13.8. The predicted molar refractivity (Wildman–Crippen MR) is 70.7 cm³/mol. The van der Waals surface area contributed by atoms with Gasteiger partial charge in [0, 0.05) is 18.9 Å². The molecule has 0 saturated heterocycles. The first-order valence-electron chi connectivity index (χ1n) is 5.93. The van der Waals surface area contributed by atoms with E-state index in [0.29, 0.717) is 18.2 Å². The number of nitrogen functional groups attached to an aromatic ring is 1. The van der Waals surface area contributed by atoms with Crippen LogP contribution >= 0.6 is 0 Å². The van der Waals surface area contributed by atoms with E-state index in [2.05, 4.69) is 14.7 Å². The Labute approximate surface area is 111 Å². The van der Waals surface area contributed by atoms with Crippen LogP contribution in [0.1, 0.15) is 21.9 Å². The van der Waals surface area contributed by atoms with E-state index in [9.17, 15) is 4.79 Å². The highest BCUT2D eigenvalue weighted by atomic mass is 16.5. The molecule has 0 atom stereocenters. The summed E-state index contributed by atoms with van der Waals surface area (Å²) < 4.78 is 6.46. The van der Waals surface area contributed by atoms with Crippen LogP contribution in [0.15, 0.2) is 24.5 Å². The molecule has 0 fully saturated rings. The molecule has 2 N–H and O–H groups in total. The van der Waals surface area contributed by atoms with Crippen LogP contribution in [0.4, 0.5) is 5.82 Å². The quantitative estimate of drug-likeness (QED) is 0.835. The minimum Gasteiger partial charge on any atom is -0.464 e. The highest BCUT2D eigenvalue weighted by Gasteiger charge is 2.18. The summed E-state index contributed by atoms with van der Waals surface area (Å²) in [6.07, 6.45) is 4.29. The fraction of sp³-hybridized carbons (Fsp3) is 0.308. The van der Waals surface area contributed by atoms with Crippen molar-refractivity contribution in [2.24, 2.45) is 0 Å². The van der Waals surface area contributed by atoms with E-state index in [1.807, 2.05) is 23.6 Å². The summed E-state index contributed by atoms with van der Waals surface area (Å²) in [5, 5.41) is 0. The number of aromatic nitrogens is 3. The van der Waals surface area contributed by atoms with Crippen LogP contribution in [0.25, 0.3) is 0 Å². The molecule has 6 heteroatoms. The first kappa shape index (κ1) is 13.1. The van der Waals surface area contributed by atoms with Gasteiger partial charge in [0.2, 0.25) is 0 Å². The molecule has 100 valence electrons. The molecule has 0 aliphatic carbocycles. The maximum Gasteiger partial charge on any atom is 0.360 e. The molecule has 2 aromatic heterocycles. The number of pyridine rings is 1. The minimum atomic E-state index is -0.511. The molecule has 2 rings (SSSR count). The van der Waals surface area contributed by atoms with Crippen LogP contribution < -0.4 is 5.73 Å². The summed E-state index contributed by atoms with van der Waals surface area (Å²) >= 11 is 0. The Hall–Kier alpha value is -2.37. The van der Waals surface area contributed by atoms with Gasteiger partial charge in [-0.3, -0.25) is 4.98 Å². The van der Waals surface area contributed by atoms with E-state index >= 15 is 0 Å². The largest absolute Gasteiger partial charge is 0.464 e. The first-order valence-corrected chi connectivity index (χ1v) is 5.93. The molecule has 0 bridgehead atoms. The zero-order valence-corrected chi connectivity index (χ0v) is 11.0. The lowest BCUT2D eigenvalue weighted by molar-refractivity contribution is 0.0595. The van der Waals surface area contributed by atoms with Crippen molar-refractivity contribution in [1.29, 1.82) is 0 Å². The second kappa shape index (κ2) is 5.51. The number of carbonyl (C=O) groups excluding carboxylic acids is 1. The molecule has 0 aromatic carbocycles. The van der Waals surface area contributed by atoms with Crippen LogP contribution in [0, 0.1) is 6.92 Å². The van der Waals surface area contributed by atoms with Gasteiger partial charge in [-0.1, -0.05) is 0 Å². The smallest absolute Gasteiger partial charge is 0.360 e. The number of methoxy groups -OCH3 is 1. The summed E-state index contributed by atoms with van der Waals surface area (Å²) in [6, 6.07) is 3.90. The van der Waals surface area contributed by atoms with Gasteiger partial charge in [-0.05, 0) is 31.0 Å². The molecule has 0 aliphatic rings. The van der Waals surface area contributed by atoms with Crippen molar-refractivity contribution in [3.8, 4) is 0 Å². The van der Waals surface area contributed by atoms with Crippen LogP contribution in [-0.2, 0) is 17.7 Å². The number of carbonyl (C=O) groups is 1. The van der Waals surface area contributed by atoms with Crippen molar-refractivity contribution in [3.05, 3.63) is 41.6 Å². The van der Waals surface area contributed by atoms with Crippen molar-refractivity contribution in [2.45, 2.75) is 19.9 Å². The Morgan fingerprint density at radius 2 is 2.11 bits per heavy atom. The first-order chi connectivity index (χ1) is 9.13. The molecule has 6 nitrogen and oxygen atoms in total. The van der Waals surface area contributed by atoms with Crippen molar-refractivity contribution >= 4 is 11.8 Å². The molecule has 2 aromatic rings. The molecule has 0 unspecified atom stereocenters. The minimum absolute atomic E-state index is 0.176. The lowest BCUT2D eigenvalue weighted by Gasteiger charge is -2.07. The molecule has 0 radical (unpaired) electrons. The molecule has 0 spiro atoms. The van der Waals surface area contributed by atoms with Crippen molar-refractivity contribution in [2.75, 3.05) is 12.8 Å². The fourth-order valence-corrected chi connectivity index (χ4v) is 1.90. The van der Waals surface area contributed by atoms with Gasteiger partial charge in [-0.15, -0.1) is 0 Å². The van der Waals surface area contributed by atoms with Crippen LogP contribution in [-0.4, -0.2) is 27.6 Å². The van der Waals surface area contributed by atoms with E-state index < -0.39 is 5.97 Å². The lowest BCUT2D eigenvalue weighted by atomic mass is 10.2. The molecular weight excluding hydrogens is 244 g/mol. The number of anilines is 1. The fourth-order valence-electron chi connectivity index (χ4n) is 1.90. The lowest BCUT2D eigenvalue weighted by Crippen LogP contribution is -2.10. The molecule has 0 aliphatic heterocycles. The number of esters is 1. The molecule has 0 saturated carbocycles. The number of ether oxygens (including phenoxy) is 1. The number of aryl methyl sites for hydroxylation is 2. The standard InChI is InChI=1S/C13H16N4O2/c1-9-16-11(13(18)19-2)12(14)17(9)8-5-10-3-6-15-7-4-10/h3-4,6-7H,5,8,14H2,1-2H3. The normalized spacial score (nSPS) is 10.4. The van der Waals surface area contributed by atoms with Crippen molar-refractivity contribution in [1.82, 2.24) is 14.5 Å². The van der Waals surface area contributed by atoms with Crippen molar-refractivity contribution < 1.29 is 9.53 Å². The second-order valence-corrected chi connectivity index (χ2v) is 4.14. The van der Waals surface area contributed by atoms with Crippen molar-refractivity contribution in [3.63, 3.8) is 0 Å². The topological polar surface area (TPSA) is 83.0 Å². The third kappa shape index (κ3) is 2.73. The van der Waals surface area contributed by atoms with Crippen LogP contribution in [0.3, 0.4) is 0 Å². The molecule has 2 heterocycles. The van der Waals surface area contributed by atoms with E-state index in [1.54, 1.807) is 12.4 Å². The zero-order valence-electron chi connectivity index (χ0n) is 11.0. The highest BCUT2D eigenvalue weighted by molar-refractivity contribution is 5.92. The predicted octanol–water partition coefficient (Wildman–Crippen LogP) is 1.20. The Morgan fingerprint density at radius 3 is 2.74 bits per heavy atom. The number of hydrogen-bond donors (Lipinski definition) is 1. The Kier molecular flexibility index (Phi) is 3.79. The van der Waals surface area contributed by atoms with E-state index in [4.69, 9.17) is 5.73 Å². The van der Waals surface area contributed by atoms with Crippen LogP contribution in [0.5, 0.6) is 0 Å². The number of rotatable bonds is 4. The van der Waals surface area contributed by atoms with E-state index in [1.165, 1.54) is 7.11 Å². The van der Waals surface area contributed by atoms with Gasteiger partial charge in [0.1, 0.15) is 11.6 Å². The monoisotopic (exact) mass is 260 g/mol. The van der Waals surface area contributed by atoms with Gasteiger partial charge in [-0.25, -0.2) is 9.78 Å². The molecule has 19 heavy (non-hydrogen) atoms. The maximum atomic E-state index is 11.5. The summed E-state index contributed by atoms with van der Waals surface area (Å²) in [5.41, 5.74) is 7.26. The van der Waals surface area contributed by atoms with Gasteiger partial charge in [0.05, 0.1) is 7.11 Å². The third-order valence-corrected chi connectivity index (χ3v) is 2.95. The van der Waals surface area contributed by atoms with E-state index in [-0.39, 0.29) is 5.69 Å². The Balaban J connectivity index is 2.17. The molecule has 0 amide bonds. The number of imidazole rings is 1. The number of hydrogen-bond acceptors (Lipinski definition) is 5. The SMILES string of the molecule is COC(=O)c1nc(C)n(CCc2ccncc2)c1N. The van der Waals surface area contributed by atoms with Gasteiger partial charge in [0.25, 0.3) is 0 Å². The van der Waals surface area contributed by atoms with Gasteiger partial charge in [-0.2, -0.15) is 0 Å². The Morgan fingerprint density at radius 1 is 1.42 bits per heavy atom. The molecular formula is C13H16N4O2. The number of nitrogens with zero attached hydrogens (tertiary/aromatic N) is 3. The summed E-state index contributed by atoms with van der Waals surface area (Å²) in [4.78, 5) is 19.6. The van der Waals surface area contributed by atoms with Crippen LogP contribution in [0.2, 0.25) is 0 Å². The highest BCUT2D eigenvalue weighted by Crippen LogP contribution is 2.16.